The number of ketones is 1. The first-order valence-electron chi connectivity index (χ1n) is 7.85. The summed E-state index contributed by atoms with van der Waals surface area (Å²) in [7, 11) is 3.63. The fourth-order valence-corrected chi connectivity index (χ4v) is 2.37. The Hall–Kier alpha value is -2.53. The Morgan fingerprint density at radius 3 is 2.33 bits per heavy atom. The standard InChI is InChI=1S/C19H23NO4/c1-4-13-5-7-14(8-6-13)24-12-18(22)15-9-10-17(21)16(19(15)23)11-20(2)3/h5-10,21,23H,4,11-12H2,1-3H3. The molecule has 128 valence electrons. The molecule has 2 rings (SSSR count). The number of benzene rings is 2. The molecule has 0 atom stereocenters. The molecule has 5 heteroatoms. The highest BCUT2D eigenvalue weighted by Crippen LogP contribution is 2.31. The molecule has 2 N–H and O–H groups in total. The summed E-state index contributed by atoms with van der Waals surface area (Å²) in [5.74, 6) is 0.0341. The van der Waals surface area contributed by atoms with Gasteiger partial charge in [0.25, 0.3) is 0 Å². The van der Waals surface area contributed by atoms with E-state index in [0.29, 0.717) is 17.9 Å². The number of ether oxygens (including phenoxy) is 1. The van der Waals surface area contributed by atoms with E-state index in [4.69, 9.17) is 4.74 Å². The number of hydrogen-bond donors (Lipinski definition) is 2. The van der Waals surface area contributed by atoms with Gasteiger partial charge >= 0.3 is 0 Å². The molecule has 5 nitrogen and oxygen atoms in total. The van der Waals surface area contributed by atoms with E-state index in [1.807, 2.05) is 38.4 Å². The topological polar surface area (TPSA) is 70.0 Å². The SMILES string of the molecule is CCc1ccc(OCC(=O)c2ccc(O)c(CN(C)C)c2O)cc1. The molecule has 2 aromatic rings. The molecule has 2 aromatic carbocycles. The van der Waals surface area contributed by atoms with Gasteiger partial charge in [0.05, 0.1) is 11.1 Å². The molecule has 24 heavy (non-hydrogen) atoms. The van der Waals surface area contributed by atoms with E-state index >= 15 is 0 Å². The predicted molar refractivity (Wildman–Crippen MR) is 92.8 cm³/mol. The molecule has 0 aromatic heterocycles. The Balaban J connectivity index is 2.11. The van der Waals surface area contributed by atoms with Crippen LogP contribution in [-0.4, -0.2) is 41.6 Å². The first-order chi connectivity index (χ1) is 11.4. The fourth-order valence-electron chi connectivity index (χ4n) is 2.37. The van der Waals surface area contributed by atoms with Gasteiger partial charge in [0, 0.05) is 6.54 Å². The first kappa shape index (κ1) is 17.8. The van der Waals surface area contributed by atoms with Crippen molar-refractivity contribution in [2.75, 3.05) is 20.7 Å². The van der Waals surface area contributed by atoms with Crippen molar-refractivity contribution in [3.05, 3.63) is 53.1 Å². The highest BCUT2D eigenvalue weighted by Gasteiger charge is 2.18. The Morgan fingerprint density at radius 2 is 1.75 bits per heavy atom. The van der Waals surface area contributed by atoms with Crippen molar-refractivity contribution in [2.24, 2.45) is 0 Å². The monoisotopic (exact) mass is 329 g/mol. The molecule has 0 amide bonds. The second kappa shape index (κ2) is 7.84. The lowest BCUT2D eigenvalue weighted by Crippen LogP contribution is -2.15. The van der Waals surface area contributed by atoms with Crippen LogP contribution in [0.4, 0.5) is 0 Å². The number of aromatic hydroxyl groups is 2. The van der Waals surface area contributed by atoms with Crippen LogP contribution < -0.4 is 4.74 Å². The maximum absolute atomic E-state index is 12.3. The summed E-state index contributed by atoms with van der Waals surface area (Å²) in [4.78, 5) is 14.1. The lowest BCUT2D eigenvalue weighted by molar-refractivity contribution is 0.0918. The van der Waals surface area contributed by atoms with Crippen LogP contribution in [0, 0.1) is 0 Å². The van der Waals surface area contributed by atoms with Gasteiger partial charge in [0.1, 0.15) is 17.2 Å². The molecule has 0 aliphatic rings. The van der Waals surface area contributed by atoms with E-state index in [-0.39, 0.29) is 29.5 Å². The molecular formula is C19H23NO4. The van der Waals surface area contributed by atoms with Crippen LogP contribution in [0.1, 0.15) is 28.4 Å². The minimum Gasteiger partial charge on any atom is -0.507 e. The van der Waals surface area contributed by atoms with E-state index in [0.717, 1.165) is 6.42 Å². The van der Waals surface area contributed by atoms with Gasteiger partial charge in [-0.05, 0) is 50.3 Å². The maximum atomic E-state index is 12.3. The summed E-state index contributed by atoms with van der Waals surface area (Å²) >= 11 is 0. The smallest absolute Gasteiger partial charge is 0.203 e. The van der Waals surface area contributed by atoms with E-state index in [9.17, 15) is 15.0 Å². The third kappa shape index (κ3) is 4.26. The van der Waals surface area contributed by atoms with E-state index in [1.54, 1.807) is 4.90 Å². The molecule has 0 saturated heterocycles. The maximum Gasteiger partial charge on any atom is 0.203 e. The molecular weight excluding hydrogens is 306 g/mol. The van der Waals surface area contributed by atoms with E-state index < -0.39 is 0 Å². The van der Waals surface area contributed by atoms with Crippen LogP contribution in [0.3, 0.4) is 0 Å². The highest BCUT2D eigenvalue weighted by atomic mass is 16.5. The largest absolute Gasteiger partial charge is 0.507 e. The zero-order valence-corrected chi connectivity index (χ0v) is 14.2. The number of hydrogen-bond acceptors (Lipinski definition) is 5. The van der Waals surface area contributed by atoms with E-state index in [1.165, 1.54) is 17.7 Å². The van der Waals surface area contributed by atoms with Crippen molar-refractivity contribution in [1.82, 2.24) is 4.90 Å². The number of nitrogens with zero attached hydrogens (tertiary/aromatic N) is 1. The zero-order chi connectivity index (χ0) is 17.7. The molecule has 0 spiro atoms. The van der Waals surface area contributed by atoms with Crippen LogP contribution in [0.15, 0.2) is 36.4 Å². The first-order valence-corrected chi connectivity index (χ1v) is 7.85. The van der Waals surface area contributed by atoms with Crippen LogP contribution in [-0.2, 0) is 13.0 Å². The highest BCUT2D eigenvalue weighted by molar-refractivity contribution is 6.00. The Morgan fingerprint density at radius 1 is 1.08 bits per heavy atom. The summed E-state index contributed by atoms with van der Waals surface area (Å²) in [6.07, 6.45) is 0.940. The molecule has 0 aliphatic carbocycles. The van der Waals surface area contributed by atoms with Crippen molar-refractivity contribution in [3.63, 3.8) is 0 Å². The second-order valence-electron chi connectivity index (χ2n) is 5.91. The van der Waals surface area contributed by atoms with Gasteiger partial charge in [0.2, 0.25) is 5.78 Å². The van der Waals surface area contributed by atoms with Crippen LogP contribution in [0.5, 0.6) is 17.2 Å². The molecule has 0 saturated carbocycles. The number of phenolic OH excluding ortho intramolecular Hbond substituents is 2. The van der Waals surface area contributed by atoms with Gasteiger partial charge in [0.15, 0.2) is 6.61 Å². The van der Waals surface area contributed by atoms with Crippen molar-refractivity contribution < 1.29 is 19.7 Å². The number of Topliss-reactive ketones (excluding diaryl/α,β-unsaturated/α-hetero) is 1. The lowest BCUT2D eigenvalue weighted by atomic mass is 10.0. The number of phenols is 2. The Labute approximate surface area is 142 Å². The average Bonchev–Trinajstić information content (AvgIpc) is 2.56. The van der Waals surface area contributed by atoms with Crippen LogP contribution >= 0.6 is 0 Å². The third-order valence-corrected chi connectivity index (χ3v) is 3.73. The van der Waals surface area contributed by atoms with Gasteiger partial charge in [-0.25, -0.2) is 0 Å². The summed E-state index contributed by atoms with van der Waals surface area (Å²) in [6, 6.07) is 10.4. The molecule has 0 heterocycles. The Kier molecular flexibility index (Phi) is 5.82. The average molecular weight is 329 g/mol. The molecule has 0 fully saturated rings. The van der Waals surface area contributed by atoms with Gasteiger partial charge in [-0.1, -0.05) is 19.1 Å². The van der Waals surface area contributed by atoms with Crippen LogP contribution in [0.25, 0.3) is 0 Å². The number of carbonyl (C=O) groups excluding carboxylic acids is 1. The van der Waals surface area contributed by atoms with Gasteiger partial charge in [-0.2, -0.15) is 0 Å². The van der Waals surface area contributed by atoms with Crippen molar-refractivity contribution >= 4 is 5.78 Å². The number of carbonyl (C=O) groups is 1. The van der Waals surface area contributed by atoms with Crippen molar-refractivity contribution in [3.8, 4) is 17.2 Å². The molecule has 0 radical (unpaired) electrons. The van der Waals surface area contributed by atoms with Gasteiger partial charge in [-0.3, -0.25) is 4.79 Å². The van der Waals surface area contributed by atoms with Gasteiger partial charge in [-0.15, -0.1) is 0 Å². The lowest BCUT2D eigenvalue weighted by Gasteiger charge is -2.15. The van der Waals surface area contributed by atoms with Crippen LogP contribution in [0.2, 0.25) is 0 Å². The summed E-state index contributed by atoms with van der Waals surface area (Å²) in [5, 5.41) is 20.2. The number of aryl methyl sites for hydroxylation is 1. The molecule has 0 bridgehead atoms. The van der Waals surface area contributed by atoms with E-state index in [2.05, 4.69) is 6.92 Å². The number of rotatable bonds is 7. The minimum atomic E-state index is -0.341. The normalized spacial score (nSPS) is 10.8. The minimum absolute atomic E-state index is 0.0335. The fraction of sp³-hybridized carbons (Fsp3) is 0.316. The molecule has 0 unspecified atom stereocenters. The zero-order valence-electron chi connectivity index (χ0n) is 14.2. The van der Waals surface area contributed by atoms with Crippen molar-refractivity contribution in [2.45, 2.75) is 19.9 Å². The Bertz CT molecular complexity index is 708. The van der Waals surface area contributed by atoms with Crippen molar-refractivity contribution in [1.29, 1.82) is 0 Å². The molecule has 0 aliphatic heterocycles. The predicted octanol–water partition coefficient (Wildman–Crippen LogP) is 2.98. The summed E-state index contributed by atoms with van der Waals surface area (Å²) in [6.45, 7) is 2.22. The second-order valence-corrected chi connectivity index (χ2v) is 5.91. The summed E-state index contributed by atoms with van der Waals surface area (Å²) in [5.41, 5.74) is 1.67. The van der Waals surface area contributed by atoms with Gasteiger partial charge < -0.3 is 19.8 Å². The summed E-state index contributed by atoms with van der Waals surface area (Å²) < 4.78 is 5.49. The third-order valence-electron chi connectivity index (χ3n) is 3.73. The quantitative estimate of drug-likeness (QED) is 0.764.